The van der Waals surface area contributed by atoms with Crippen molar-refractivity contribution in [1.29, 1.82) is 0 Å². The van der Waals surface area contributed by atoms with E-state index in [4.69, 9.17) is 14.2 Å². The number of nitrogens with one attached hydrogen (secondary N) is 1. The first-order valence-electron chi connectivity index (χ1n) is 7.92. The summed E-state index contributed by atoms with van der Waals surface area (Å²) in [4.78, 5) is 12.2. The molecule has 0 aliphatic heterocycles. The summed E-state index contributed by atoms with van der Waals surface area (Å²) in [6.45, 7) is 4.68. The zero-order valence-electron chi connectivity index (χ0n) is 14.2. The van der Waals surface area contributed by atoms with Crippen LogP contribution in [0.4, 0.5) is 0 Å². The van der Waals surface area contributed by atoms with Crippen molar-refractivity contribution in [2.75, 3.05) is 13.7 Å². The average Bonchev–Trinajstić information content (AvgIpc) is 2.60. The first-order chi connectivity index (χ1) is 11.6. The van der Waals surface area contributed by atoms with Gasteiger partial charge in [0.1, 0.15) is 17.2 Å². The van der Waals surface area contributed by atoms with Crippen LogP contribution in [0.2, 0.25) is 0 Å². The van der Waals surface area contributed by atoms with E-state index in [1.807, 2.05) is 43.3 Å². The summed E-state index contributed by atoms with van der Waals surface area (Å²) in [7, 11) is 1.59. The van der Waals surface area contributed by atoms with Crippen LogP contribution in [0.25, 0.3) is 0 Å². The molecule has 1 atom stereocenters. The van der Waals surface area contributed by atoms with Crippen LogP contribution in [0.1, 0.15) is 19.4 Å². The zero-order valence-corrected chi connectivity index (χ0v) is 14.2. The lowest BCUT2D eigenvalue weighted by Gasteiger charge is -2.15. The Morgan fingerprint density at radius 2 is 1.79 bits per heavy atom. The minimum Gasteiger partial charge on any atom is -0.497 e. The number of ether oxygens (including phenoxy) is 3. The van der Waals surface area contributed by atoms with E-state index in [0.717, 1.165) is 11.3 Å². The molecule has 0 aliphatic carbocycles. The number of hydrogen-bond acceptors (Lipinski definition) is 4. The molecule has 2 rings (SSSR count). The second-order valence-electron chi connectivity index (χ2n) is 5.24. The van der Waals surface area contributed by atoms with E-state index < -0.39 is 6.10 Å². The lowest BCUT2D eigenvalue weighted by atomic mass is 10.2. The highest BCUT2D eigenvalue weighted by atomic mass is 16.5. The lowest BCUT2D eigenvalue weighted by Crippen LogP contribution is -2.35. The number of amides is 1. The van der Waals surface area contributed by atoms with Gasteiger partial charge in [0.15, 0.2) is 6.10 Å². The van der Waals surface area contributed by atoms with Gasteiger partial charge in [-0.05, 0) is 43.7 Å². The van der Waals surface area contributed by atoms with Crippen molar-refractivity contribution in [2.45, 2.75) is 26.5 Å². The third kappa shape index (κ3) is 5.19. The van der Waals surface area contributed by atoms with Crippen LogP contribution in [-0.2, 0) is 11.3 Å². The molecule has 0 fully saturated rings. The molecule has 0 saturated heterocycles. The number of benzene rings is 2. The van der Waals surface area contributed by atoms with Gasteiger partial charge in [-0.25, -0.2) is 0 Å². The predicted octanol–water partition coefficient (Wildman–Crippen LogP) is 3.18. The molecule has 0 bridgehead atoms. The summed E-state index contributed by atoms with van der Waals surface area (Å²) < 4.78 is 16.2. The molecule has 0 aromatic heterocycles. The highest BCUT2D eigenvalue weighted by Gasteiger charge is 2.14. The quantitative estimate of drug-likeness (QED) is 0.808. The third-order valence-corrected chi connectivity index (χ3v) is 3.40. The maximum Gasteiger partial charge on any atom is 0.261 e. The van der Waals surface area contributed by atoms with E-state index in [0.29, 0.717) is 24.7 Å². The molecule has 2 aromatic rings. The van der Waals surface area contributed by atoms with Gasteiger partial charge in [-0.2, -0.15) is 0 Å². The molecule has 24 heavy (non-hydrogen) atoms. The van der Waals surface area contributed by atoms with Crippen LogP contribution in [-0.4, -0.2) is 25.7 Å². The molecule has 0 unspecified atom stereocenters. The normalized spacial score (nSPS) is 11.5. The maximum absolute atomic E-state index is 12.2. The molecule has 1 N–H and O–H groups in total. The number of carbonyl (C=O) groups excluding carboxylic acids is 1. The molecule has 5 heteroatoms. The summed E-state index contributed by atoms with van der Waals surface area (Å²) in [5.74, 6) is 1.90. The van der Waals surface area contributed by atoms with Crippen molar-refractivity contribution in [3.05, 3.63) is 54.1 Å². The van der Waals surface area contributed by atoms with E-state index in [1.165, 1.54) is 0 Å². The Hall–Kier alpha value is -2.69. The number of methoxy groups -OCH3 is 1. The van der Waals surface area contributed by atoms with Gasteiger partial charge in [0.2, 0.25) is 0 Å². The SMILES string of the molecule is CCOc1cccc(CNC(=O)[C@@H](C)Oc2cccc(OC)c2)c1. The van der Waals surface area contributed by atoms with Crippen molar-refractivity contribution in [2.24, 2.45) is 0 Å². The first-order valence-corrected chi connectivity index (χ1v) is 7.92. The van der Waals surface area contributed by atoms with Gasteiger partial charge in [0.25, 0.3) is 5.91 Å². The Bertz CT molecular complexity index is 672. The largest absolute Gasteiger partial charge is 0.497 e. The Morgan fingerprint density at radius 1 is 1.08 bits per heavy atom. The summed E-state index contributed by atoms with van der Waals surface area (Å²) >= 11 is 0. The minimum absolute atomic E-state index is 0.181. The summed E-state index contributed by atoms with van der Waals surface area (Å²) in [5, 5.41) is 2.87. The Kier molecular flexibility index (Phi) is 6.49. The summed E-state index contributed by atoms with van der Waals surface area (Å²) in [6.07, 6.45) is -0.604. The Labute approximate surface area is 142 Å². The second kappa shape index (κ2) is 8.82. The molecular weight excluding hydrogens is 306 g/mol. The van der Waals surface area contributed by atoms with Crippen molar-refractivity contribution in [3.8, 4) is 17.2 Å². The lowest BCUT2D eigenvalue weighted by molar-refractivity contribution is -0.127. The molecule has 0 heterocycles. The Balaban J connectivity index is 1.88. The molecular formula is C19H23NO4. The maximum atomic E-state index is 12.2. The van der Waals surface area contributed by atoms with E-state index in [-0.39, 0.29) is 5.91 Å². The van der Waals surface area contributed by atoms with Gasteiger partial charge in [-0.3, -0.25) is 4.79 Å². The van der Waals surface area contributed by atoms with Gasteiger partial charge >= 0.3 is 0 Å². The van der Waals surface area contributed by atoms with Crippen molar-refractivity contribution < 1.29 is 19.0 Å². The number of carbonyl (C=O) groups is 1. The first kappa shape index (κ1) is 17.7. The van der Waals surface area contributed by atoms with Crippen LogP contribution in [0.3, 0.4) is 0 Å². The standard InChI is InChI=1S/C19H23NO4/c1-4-23-17-9-5-7-15(11-17)13-20-19(21)14(2)24-18-10-6-8-16(12-18)22-3/h5-12,14H,4,13H2,1-3H3,(H,20,21)/t14-/m1/s1. The minimum atomic E-state index is -0.604. The molecule has 0 saturated carbocycles. The van der Waals surface area contributed by atoms with Gasteiger partial charge in [0.05, 0.1) is 13.7 Å². The third-order valence-electron chi connectivity index (χ3n) is 3.40. The van der Waals surface area contributed by atoms with Crippen molar-refractivity contribution >= 4 is 5.91 Å². The van der Waals surface area contributed by atoms with Crippen LogP contribution >= 0.6 is 0 Å². The van der Waals surface area contributed by atoms with Crippen LogP contribution in [0.5, 0.6) is 17.2 Å². The Morgan fingerprint density at radius 3 is 2.54 bits per heavy atom. The van der Waals surface area contributed by atoms with E-state index in [2.05, 4.69) is 5.32 Å². The fourth-order valence-electron chi connectivity index (χ4n) is 2.18. The van der Waals surface area contributed by atoms with E-state index >= 15 is 0 Å². The van der Waals surface area contributed by atoms with Crippen LogP contribution in [0, 0.1) is 0 Å². The van der Waals surface area contributed by atoms with Gasteiger partial charge in [-0.15, -0.1) is 0 Å². The molecule has 5 nitrogen and oxygen atoms in total. The molecule has 128 valence electrons. The van der Waals surface area contributed by atoms with Gasteiger partial charge in [-0.1, -0.05) is 18.2 Å². The zero-order chi connectivity index (χ0) is 17.4. The van der Waals surface area contributed by atoms with Gasteiger partial charge < -0.3 is 19.5 Å². The number of rotatable bonds is 8. The van der Waals surface area contributed by atoms with Crippen LogP contribution < -0.4 is 19.5 Å². The molecule has 1 amide bonds. The van der Waals surface area contributed by atoms with Crippen LogP contribution in [0.15, 0.2) is 48.5 Å². The predicted molar refractivity (Wildman–Crippen MR) is 92.5 cm³/mol. The van der Waals surface area contributed by atoms with E-state index in [9.17, 15) is 4.79 Å². The van der Waals surface area contributed by atoms with Crippen molar-refractivity contribution in [1.82, 2.24) is 5.32 Å². The summed E-state index contributed by atoms with van der Waals surface area (Å²) in [5.41, 5.74) is 0.975. The average molecular weight is 329 g/mol. The molecule has 0 radical (unpaired) electrons. The highest BCUT2D eigenvalue weighted by molar-refractivity contribution is 5.80. The summed E-state index contributed by atoms with van der Waals surface area (Å²) in [6, 6.07) is 14.8. The van der Waals surface area contributed by atoms with Gasteiger partial charge in [0, 0.05) is 12.6 Å². The smallest absolute Gasteiger partial charge is 0.261 e. The molecule has 0 spiro atoms. The number of hydrogen-bond donors (Lipinski definition) is 1. The topological polar surface area (TPSA) is 56.8 Å². The van der Waals surface area contributed by atoms with Crippen molar-refractivity contribution in [3.63, 3.8) is 0 Å². The molecule has 0 aliphatic rings. The highest BCUT2D eigenvalue weighted by Crippen LogP contribution is 2.20. The fourth-order valence-corrected chi connectivity index (χ4v) is 2.18. The molecule has 2 aromatic carbocycles. The van der Waals surface area contributed by atoms with E-state index in [1.54, 1.807) is 26.2 Å². The monoisotopic (exact) mass is 329 g/mol. The fraction of sp³-hybridized carbons (Fsp3) is 0.316. The second-order valence-corrected chi connectivity index (χ2v) is 5.24.